The van der Waals surface area contributed by atoms with Gasteiger partial charge in [0.25, 0.3) is 0 Å². The van der Waals surface area contributed by atoms with Crippen molar-refractivity contribution in [2.75, 3.05) is 11.9 Å². The number of hydrogen-bond acceptors (Lipinski definition) is 2. The summed E-state index contributed by atoms with van der Waals surface area (Å²) in [7, 11) is 0. The van der Waals surface area contributed by atoms with Crippen LogP contribution in [0.3, 0.4) is 0 Å². The van der Waals surface area contributed by atoms with E-state index in [9.17, 15) is 17.6 Å². The first-order valence-electron chi connectivity index (χ1n) is 6.06. The Morgan fingerprint density at radius 2 is 1.57 bits per heavy atom. The average Bonchev–Trinajstić information content (AvgIpc) is 2.50. The van der Waals surface area contributed by atoms with Gasteiger partial charge in [0, 0.05) is 12.6 Å². The van der Waals surface area contributed by atoms with E-state index in [1.54, 1.807) is 30.3 Å². The molecule has 0 spiro atoms. The number of nitrogens with zero attached hydrogens (tertiary/aromatic N) is 1. The molecule has 0 aromatic heterocycles. The van der Waals surface area contributed by atoms with Gasteiger partial charge in [0.05, 0.1) is 12.0 Å². The lowest BCUT2D eigenvalue weighted by Gasteiger charge is -2.13. The van der Waals surface area contributed by atoms with Crippen LogP contribution in [0.2, 0.25) is 0 Å². The van der Waals surface area contributed by atoms with Gasteiger partial charge < -0.3 is 5.32 Å². The van der Waals surface area contributed by atoms with Crippen LogP contribution in [0.25, 0.3) is 0 Å². The molecular weight excluding hydrogens is 284 g/mol. The van der Waals surface area contributed by atoms with E-state index >= 15 is 0 Å². The molecule has 0 saturated heterocycles. The molecule has 0 heterocycles. The van der Waals surface area contributed by atoms with Crippen molar-refractivity contribution in [1.82, 2.24) is 0 Å². The van der Waals surface area contributed by atoms with Crippen molar-refractivity contribution in [2.24, 2.45) is 0 Å². The Morgan fingerprint density at radius 3 is 2.10 bits per heavy atom. The third kappa shape index (κ3) is 3.14. The molecule has 2 aromatic rings. The van der Waals surface area contributed by atoms with Gasteiger partial charge in [-0.25, -0.2) is 17.6 Å². The molecule has 6 heteroatoms. The minimum atomic E-state index is -1.52. The topological polar surface area (TPSA) is 35.8 Å². The van der Waals surface area contributed by atoms with Gasteiger partial charge >= 0.3 is 0 Å². The molecule has 1 unspecified atom stereocenters. The molecule has 1 atom stereocenters. The van der Waals surface area contributed by atoms with E-state index in [0.29, 0.717) is 5.56 Å². The maximum atomic E-state index is 13.5. The lowest BCUT2D eigenvalue weighted by atomic mass is 10.0. The summed E-state index contributed by atoms with van der Waals surface area (Å²) in [6, 6.07) is 10.6. The molecule has 0 aliphatic carbocycles. The Morgan fingerprint density at radius 1 is 1.00 bits per heavy atom. The zero-order valence-electron chi connectivity index (χ0n) is 10.7. The molecule has 0 radical (unpaired) electrons. The third-order valence-electron chi connectivity index (χ3n) is 2.95. The molecule has 21 heavy (non-hydrogen) atoms. The van der Waals surface area contributed by atoms with E-state index in [0.717, 1.165) is 0 Å². The maximum absolute atomic E-state index is 13.5. The average molecular weight is 294 g/mol. The van der Waals surface area contributed by atoms with Gasteiger partial charge in [0.1, 0.15) is 5.69 Å². The first-order chi connectivity index (χ1) is 10.0. The van der Waals surface area contributed by atoms with E-state index in [1.165, 1.54) is 0 Å². The van der Waals surface area contributed by atoms with Crippen LogP contribution in [0.5, 0.6) is 0 Å². The molecule has 0 amide bonds. The second-order valence-corrected chi connectivity index (χ2v) is 4.32. The summed E-state index contributed by atoms with van der Waals surface area (Å²) in [6.07, 6.45) is 0. The molecule has 0 fully saturated rings. The standard InChI is InChI=1S/C15H10F4N2/c16-11-6-12(17)14(19)15(13(11)18)21-8-10(7-20)9-4-2-1-3-5-9/h1-6,10,21H,8H2. The van der Waals surface area contributed by atoms with Crippen LogP contribution in [0.4, 0.5) is 23.2 Å². The van der Waals surface area contributed by atoms with E-state index in [1.807, 2.05) is 6.07 Å². The van der Waals surface area contributed by atoms with Crippen molar-refractivity contribution in [3.05, 3.63) is 65.2 Å². The van der Waals surface area contributed by atoms with Crippen LogP contribution in [-0.2, 0) is 0 Å². The van der Waals surface area contributed by atoms with Gasteiger partial charge in [-0.1, -0.05) is 30.3 Å². The largest absolute Gasteiger partial charge is 0.378 e. The molecule has 108 valence electrons. The molecule has 2 aromatic carbocycles. The van der Waals surface area contributed by atoms with Crippen LogP contribution in [0.15, 0.2) is 36.4 Å². The lowest BCUT2D eigenvalue weighted by Crippen LogP contribution is -2.14. The summed E-state index contributed by atoms with van der Waals surface area (Å²) in [4.78, 5) is 0. The maximum Gasteiger partial charge on any atom is 0.185 e. The van der Waals surface area contributed by atoms with Crippen LogP contribution in [0, 0.1) is 34.6 Å². The second-order valence-electron chi connectivity index (χ2n) is 4.32. The fourth-order valence-electron chi connectivity index (χ4n) is 1.86. The molecule has 2 nitrogen and oxygen atoms in total. The molecule has 0 aliphatic rings. The van der Waals surface area contributed by atoms with Gasteiger partial charge in [0.2, 0.25) is 0 Å². The number of halogens is 4. The predicted octanol–water partition coefficient (Wildman–Crippen LogP) is 3.96. The number of hydrogen-bond donors (Lipinski definition) is 1. The second kappa shape index (κ2) is 6.27. The Labute approximate surface area is 118 Å². The van der Waals surface area contributed by atoms with E-state index in [-0.39, 0.29) is 12.6 Å². The highest BCUT2D eigenvalue weighted by Gasteiger charge is 2.20. The Hall–Kier alpha value is -2.55. The van der Waals surface area contributed by atoms with Crippen molar-refractivity contribution in [1.29, 1.82) is 5.26 Å². The SMILES string of the molecule is N#CC(CNc1c(F)c(F)cc(F)c1F)c1ccccc1. The Balaban J connectivity index is 2.22. The summed E-state index contributed by atoms with van der Waals surface area (Å²) >= 11 is 0. The molecule has 0 bridgehead atoms. The summed E-state index contributed by atoms with van der Waals surface area (Å²) < 4.78 is 53.1. The quantitative estimate of drug-likeness (QED) is 0.684. The number of nitriles is 1. The summed E-state index contributed by atoms with van der Waals surface area (Å²) in [5, 5.41) is 11.3. The minimum absolute atomic E-state index is 0.134. The van der Waals surface area contributed by atoms with Gasteiger partial charge in [-0.05, 0) is 5.56 Å². The zero-order chi connectivity index (χ0) is 15.4. The predicted molar refractivity (Wildman–Crippen MR) is 69.6 cm³/mol. The molecule has 0 aliphatic heterocycles. The molecule has 1 N–H and O–H groups in total. The fraction of sp³-hybridized carbons (Fsp3) is 0.133. The van der Waals surface area contributed by atoms with E-state index < -0.39 is 34.9 Å². The number of nitrogens with one attached hydrogen (secondary N) is 1. The third-order valence-corrected chi connectivity index (χ3v) is 2.95. The Bertz CT molecular complexity index is 654. The molecular formula is C15H10F4N2. The molecule has 0 saturated carbocycles. The van der Waals surface area contributed by atoms with Crippen molar-refractivity contribution in [3.63, 3.8) is 0 Å². The lowest BCUT2D eigenvalue weighted by molar-refractivity contribution is 0.458. The first kappa shape index (κ1) is 14.9. The van der Waals surface area contributed by atoms with E-state index in [2.05, 4.69) is 5.32 Å². The van der Waals surface area contributed by atoms with Crippen molar-refractivity contribution < 1.29 is 17.6 Å². The highest BCUT2D eigenvalue weighted by molar-refractivity contribution is 5.48. The summed E-state index contributed by atoms with van der Waals surface area (Å²) in [6.45, 7) is -0.183. The number of anilines is 1. The minimum Gasteiger partial charge on any atom is -0.378 e. The zero-order valence-corrected chi connectivity index (χ0v) is 10.7. The van der Waals surface area contributed by atoms with Crippen LogP contribution in [0.1, 0.15) is 11.5 Å². The van der Waals surface area contributed by atoms with Crippen LogP contribution in [-0.4, -0.2) is 6.54 Å². The normalized spacial score (nSPS) is 11.8. The fourth-order valence-corrected chi connectivity index (χ4v) is 1.86. The monoisotopic (exact) mass is 294 g/mol. The smallest absolute Gasteiger partial charge is 0.185 e. The van der Waals surface area contributed by atoms with Gasteiger partial charge in [-0.2, -0.15) is 5.26 Å². The van der Waals surface area contributed by atoms with Crippen molar-refractivity contribution in [2.45, 2.75) is 5.92 Å². The van der Waals surface area contributed by atoms with Gasteiger partial charge in [0.15, 0.2) is 23.3 Å². The molecule has 2 rings (SSSR count). The summed E-state index contributed by atoms with van der Waals surface area (Å²) in [5.41, 5.74) is -0.283. The van der Waals surface area contributed by atoms with Gasteiger partial charge in [-0.3, -0.25) is 0 Å². The van der Waals surface area contributed by atoms with Crippen LogP contribution >= 0.6 is 0 Å². The Kier molecular flexibility index (Phi) is 4.43. The highest BCUT2D eigenvalue weighted by Crippen LogP contribution is 2.25. The van der Waals surface area contributed by atoms with Gasteiger partial charge in [-0.15, -0.1) is 0 Å². The highest BCUT2D eigenvalue weighted by atomic mass is 19.2. The van der Waals surface area contributed by atoms with Crippen molar-refractivity contribution in [3.8, 4) is 6.07 Å². The summed E-state index contributed by atoms with van der Waals surface area (Å²) in [5.74, 6) is -6.73. The van der Waals surface area contributed by atoms with Crippen molar-refractivity contribution >= 4 is 5.69 Å². The number of benzene rings is 2. The van der Waals surface area contributed by atoms with Crippen LogP contribution < -0.4 is 5.32 Å². The first-order valence-corrected chi connectivity index (χ1v) is 6.06. The van der Waals surface area contributed by atoms with E-state index in [4.69, 9.17) is 5.26 Å². The number of rotatable bonds is 4.